The van der Waals surface area contributed by atoms with E-state index < -0.39 is 0 Å². The predicted octanol–water partition coefficient (Wildman–Crippen LogP) is 5.07. The summed E-state index contributed by atoms with van der Waals surface area (Å²) in [5, 5.41) is 4.49. The van der Waals surface area contributed by atoms with Crippen LogP contribution in [-0.4, -0.2) is 15.3 Å². The van der Waals surface area contributed by atoms with Crippen molar-refractivity contribution in [1.29, 1.82) is 0 Å². The van der Waals surface area contributed by atoms with Crippen molar-refractivity contribution in [3.05, 3.63) is 76.7 Å². The minimum atomic E-state index is -0.345. The molecule has 130 valence electrons. The van der Waals surface area contributed by atoms with Crippen molar-refractivity contribution in [2.24, 2.45) is 0 Å². The summed E-state index contributed by atoms with van der Waals surface area (Å²) in [6, 6.07) is 12.7. The normalized spacial score (nSPS) is 11.0. The summed E-state index contributed by atoms with van der Waals surface area (Å²) < 4.78 is 15.4. The SMILES string of the molecule is Cc1ccc(-c2cn3c(C(=O)Nc4ccc(C)c(F)c4)csc3n2)cc1. The molecule has 0 radical (unpaired) electrons. The average Bonchev–Trinajstić information content (AvgIpc) is 3.19. The number of anilines is 1. The minimum Gasteiger partial charge on any atom is -0.321 e. The minimum absolute atomic E-state index is 0.299. The lowest BCUT2D eigenvalue weighted by Gasteiger charge is -2.05. The zero-order chi connectivity index (χ0) is 18.3. The largest absolute Gasteiger partial charge is 0.321 e. The highest BCUT2D eigenvalue weighted by Gasteiger charge is 2.16. The number of fused-ring (bicyclic) bond motifs is 1. The summed E-state index contributed by atoms with van der Waals surface area (Å²) in [5.41, 5.74) is 4.43. The first-order chi connectivity index (χ1) is 12.5. The number of nitrogens with zero attached hydrogens (tertiary/aromatic N) is 2. The third-order valence-electron chi connectivity index (χ3n) is 4.22. The van der Waals surface area contributed by atoms with Gasteiger partial charge in [0.15, 0.2) is 4.96 Å². The molecule has 0 atom stereocenters. The molecule has 0 aliphatic heterocycles. The monoisotopic (exact) mass is 365 g/mol. The molecule has 0 fully saturated rings. The maximum atomic E-state index is 13.7. The van der Waals surface area contributed by atoms with Gasteiger partial charge >= 0.3 is 0 Å². The third kappa shape index (κ3) is 2.99. The fraction of sp³-hybridized carbons (Fsp3) is 0.100. The molecule has 4 aromatic rings. The molecule has 1 N–H and O–H groups in total. The number of benzene rings is 2. The Morgan fingerprint density at radius 3 is 2.65 bits per heavy atom. The Balaban J connectivity index is 1.64. The van der Waals surface area contributed by atoms with Gasteiger partial charge in [-0.05, 0) is 31.5 Å². The lowest BCUT2D eigenvalue weighted by atomic mass is 10.1. The average molecular weight is 365 g/mol. The molecule has 6 heteroatoms. The predicted molar refractivity (Wildman–Crippen MR) is 102 cm³/mol. The molecule has 0 aliphatic carbocycles. The molecule has 0 unspecified atom stereocenters. The fourth-order valence-corrected chi connectivity index (χ4v) is 3.53. The topological polar surface area (TPSA) is 46.4 Å². The van der Waals surface area contributed by atoms with Gasteiger partial charge in [-0.3, -0.25) is 9.20 Å². The number of aryl methyl sites for hydroxylation is 2. The second-order valence-electron chi connectivity index (χ2n) is 6.18. The number of imidazole rings is 1. The molecule has 0 aliphatic rings. The lowest BCUT2D eigenvalue weighted by Crippen LogP contribution is -2.14. The van der Waals surface area contributed by atoms with E-state index in [4.69, 9.17) is 0 Å². The van der Waals surface area contributed by atoms with E-state index in [0.29, 0.717) is 16.9 Å². The molecule has 0 saturated carbocycles. The zero-order valence-corrected chi connectivity index (χ0v) is 15.1. The van der Waals surface area contributed by atoms with Crippen LogP contribution in [0.2, 0.25) is 0 Å². The van der Waals surface area contributed by atoms with E-state index in [1.807, 2.05) is 37.4 Å². The molecule has 4 rings (SSSR count). The Hall–Kier alpha value is -2.99. The van der Waals surface area contributed by atoms with Gasteiger partial charge in [0, 0.05) is 22.8 Å². The second kappa shape index (κ2) is 6.38. The number of hydrogen-bond donors (Lipinski definition) is 1. The van der Waals surface area contributed by atoms with E-state index in [9.17, 15) is 9.18 Å². The molecule has 2 aromatic carbocycles. The standard InChI is InChI=1S/C20H16FN3OS/c1-12-3-6-14(7-4-12)17-10-24-18(11-26-20(24)23-17)19(25)22-15-8-5-13(2)16(21)9-15/h3-11H,1-2H3,(H,22,25). The van der Waals surface area contributed by atoms with Crippen LogP contribution >= 0.6 is 11.3 Å². The van der Waals surface area contributed by atoms with Crippen LogP contribution in [-0.2, 0) is 0 Å². The number of thiazole rings is 1. The van der Waals surface area contributed by atoms with Gasteiger partial charge in [0.05, 0.1) is 5.69 Å². The van der Waals surface area contributed by atoms with Crippen LogP contribution in [0.25, 0.3) is 16.2 Å². The maximum Gasteiger partial charge on any atom is 0.273 e. The third-order valence-corrected chi connectivity index (χ3v) is 5.06. The van der Waals surface area contributed by atoms with Gasteiger partial charge in [-0.25, -0.2) is 9.37 Å². The number of amides is 1. The highest BCUT2D eigenvalue weighted by molar-refractivity contribution is 7.15. The summed E-state index contributed by atoms with van der Waals surface area (Å²) in [5.74, 6) is -0.644. The van der Waals surface area contributed by atoms with E-state index in [1.165, 1.54) is 23.0 Å². The van der Waals surface area contributed by atoms with E-state index in [2.05, 4.69) is 10.3 Å². The van der Waals surface area contributed by atoms with Crippen LogP contribution in [0.4, 0.5) is 10.1 Å². The molecule has 1 amide bonds. The molecule has 26 heavy (non-hydrogen) atoms. The molecule has 2 aromatic heterocycles. The van der Waals surface area contributed by atoms with Crippen LogP contribution in [0.3, 0.4) is 0 Å². The smallest absolute Gasteiger partial charge is 0.273 e. The molecule has 0 spiro atoms. The van der Waals surface area contributed by atoms with E-state index in [-0.39, 0.29) is 11.7 Å². The number of rotatable bonds is 3. The first kappa shape index (κ1) is 16.5. The van der Waals surface area contributed by atoms with Gasteiger partial charge in [-0.1, -0.05) is 35.9 Å². The molecule has 4 nitrogen and oxygen atoms in total. The molecular weight excluding hydrogens is 349 g/mol. The van der Waals surface area contributed by atoms with Gasteiger partial charge in [0.25, 0.3) is 5.91 Å². The number of halogens is 1. The summed E-state index contributed by atoms with van der Waals surface area (Å²) in [7, 11) is 0. The van der Waals surface area contributed by atoms with Crippen molar-refractivity contribution in [1.82, 2.24) is 9.38 Å². The van der Waals surface area contributed by atoms with Crippen LogP contribution in [0.15, 0.2) is 54.0 Å². The van der Waals surface area contributed by atoms with Gasteiger partial charge in [0.1, 0.15) is 11.5 Å². The van der Waals surface area contributed by atoms with Crippen LogP contribution in [0, 0.1) is 19.7 Å². The summed E-state index contributed by atoms with van der Waals surface area (Å²) in [4.78, 5) is 17.9. The van der Waals surface area contributed by atoms with Crippen molar-refractivity contribution in [3.63, 3.8) is 0 Å². The Labute approximate surface area is 153 Å². The number of carbonyl (C=O) groups is 1. The van der Waals surface area contributed by atoms with Crippen LogP contribution in [0.5, 0.6) is 0 Å². The quantitative estimate of drug-likeness (QED) is 0.551. The van der Waals surface area contributed by atoms with Gasteiger partial charge < -0.3 is 5.32 Å². The summed E-state index contributed by atoms with van der Waals surface area (Å²) in [6.07, 6.45) is 1.85. The Morgan fingerprint density at radius 1 is 1.15 bits per heavy atom. The van der Waals surface area contributed by atoms with Gasteiger partial charge in [-0.2, -0.15) is 0 Å². The Kier molecular flexibility index (Phi) is 4.05. The molecular formula is C20H16FN3OS. The van der Waals surface area contributed by atoms with E-state index >= 15 is 0 Å². The highest BCUT2D eigenvalue weighted by atomic mass is 32.1. The number of nitrogens with one attached hydrogen (secondary N) is 1. The molecule has 0 bridgehead atoms. The molecule has 2 heterocycles. The van der Waals surface area contributed by atoms with Crippen LogP contribution < -0.4 is 5.32 Å². The van der Waals surface area contributed by atoms with Crippen molar-refractivity contribution >= 4 is 27.9 Å². The number of hydrogen-bond acceptors (Lipinski definition) is 3. The first-order valence-electron chi connectivity index (χ1n) is 8.12. The van der Waals surface area contributed by atoms with E-state index in [0.717, 1.165) is 16.2 Å². The van der Waals surface area contributed by atoms with Crippen molar-refractivity contribution in [2.45, 2.75) is 13.8 Å². The van der Waals surface area contributed by atoms with Gasteiger partial charge in [-0.15, -0.1) is 11.3 Å². The highest BCUT2D eigenvalue weighted by Crippen LogP contribution is 2.24. The fourth-order valence-electron chi connectivity index (χ4n) is 2.68. The van der Waals surface area contributed by atoms with Crippen LogP contribution in [0.1, 0.15) is 21.6 Å². The Bertz CT molecular complexity index is 1110. The Morgan fingerprint density at radius 2 is 1.92 bits per heavy atom. The molecule has 0 saturated heterocycles. The van der Waals surface area contributed by atoms with Crippen molar-refractivity contribution in [2.75, 3.05) is 5.32 Å². The number of carbonyl (C=O) groups excluding carboxylic acids is 1. The number of aromatic nitrogens is 2. The zero-order valence-electron chi connectivity index (χ0n) is 14.3. The van der Waals surface area contributed by atoms with Gasteiger partial charge in [0.2, 0.25) is 0 Å². The first-order valence-corrected chi connectivity index (χ1v) is 9.00. The second-order valence-corrected chi connectivity index (χ2v) is 7.02. The maximum absolute atomic E-state index is 13.7. The summed E-state index contributed by atoms with van der Waals surface area (Å²) >= 11 is 1.39. The van der Waals surface area contributed by atoms with Crippen molar-refractivity contribution in [3.8, 4) is 11.3 Å². The van der Waals surface area contributed by atoms with E-state index in [1.54, 1.807) is 28.8 Å². The summed E-state index contributed by atoms with van der Waals surface area (Å²) in [6.45, 7) is 3.72. The lowest BCUT2D eigenvalue weighted by molar-refractivity contribution is 0.102. The van der Waals surface area contributed by atoms with Crippen molar-refractivity contribution < 1.29 is 9.18 Å².